The van der Waals surface area contributed by atoms with Gasteiger partial charge >= 0.3 is 0 Å². The molecule has 1 fully saturated rings. The molecule has 2 nitrogen and oxygen atoms in total. The van der Waals surface area contributed by atoms with Crippen LogP contribution in [0, 0.1) is 24.5 Å². The van der Waals surface area contributed by atoms with Gasteiger partial charge in [-0.25, -0.2) is 8.78 Å². The lowest BCUT2D eigenvalue weighted by Crippen LogP contribution is -2.40. The molecule has 0 aromatic heterocycles. The van der Waals surface area contributed by atoms with Crippen molar-refractivity contribution in [2.45, 2.75) is 39.7 Å². The first-order valence-electron chi connectivity index (χ1n) is 7.40. The average Bonchev–Trinajstić information content (AvgIpc) is 2.37. The maximum Gasteiger partial charge on any atom is 0.146 e. The van der Waals surface area contributed by atoms with Crippen LogP contribution in [0.5, 0.6) is 0 Å². The second kappa shape index (κ2) is 6.53. The molecule has 0 radical (unpaired) electrons. The number of nitrogens with zero attached hydrogens (tertiary/aromatic N) is 1. The van der Waals surface area contributed by atoms with Gasteiger partial charge in [-0.3, -0.25) is 0 Å². The molecule has 20 heavy (non-hydrogen) atoms. The van der Waals surface area contributed by atoms with E-state index in [0.717, 1.165) is 32.5 Å². The second-order valence-electron chi connectivity index (χ2n) is 6.19. The third-order valence-electron chi connectivity index (χ3n) is 3.82. The highest BCUT2D eigenvalue weighted by atomic mass is 19.1. The Morgan fingerprint density at radius 2 is 1.85 bits per heavy atom. The molecule has 0 aliphatic carbocycles. The quantitative estimate of drug-likeness (QED) is 0.903. The zero-order valence-corrected chi connectivity index (χ0v) is 12.5. The first kappa shape index (κ1) is 15.2. The molecule has 0 amide bonds. The van der Waals surface area contributed by atoms with E-state index in [1.807, 2.05) is 0 Å². The van der Waals surface area contributed by atoms with E-state index in [-0.39, 0.29) is 23.4 Å². The van der Waals surface area contributed by atoms with Crippen LogP contribution in [0.1, 0.15) is 32.3 Å². The number of benzene rings is 1. The Hall–Kier alpha value is -1.16. The lowest BCUT2D eigenvalue weighted by atomic mass is 10.0. The van der Waals surface area contributed by atoms with E-state index in [9.17, 15) is 8.78 Å². The Bertz CT molecular complexity index is 452. The number of piperidine rings is 1. The number of hydrogen-bond acceptors (Lipinski definition) is 2. The average molecular weight is 282 g/mol. The lowest BCUT2D eigenvalue weighted by molar-refractivity contribution is 0.198. The van der Waals surface area contributed by atoms with Gasteiger partial charge in [0, 0.05) is 31.7 Å². The predicted octanol–water partition coefficient (Wildman–Crippen LogP) is 3.81. The van der Waals surface area contributed by atoms with Crippen LogP contribution in [0.2, 0.25) is 0 Å². The maximum absolute atomic E-state index is 13.8. The number of likely N-dealkylation sites (tertiary alicyclic amines) is 1. The van der Waals surface area contributed by atoms with Crippen molar-refractivity contribution < 1.29 is 8.78 Å². The first-order valence-corrected chi connectivity index (χ1v) is 7.40. The first-order chi connectivity index (χ1) is 9.45. The number of anilines is 1. The van der Waals surface area contributed by atoms with Gasteiger partial charge in [-0.2, -0.15) is 0 Å². The van der Waals surface area contributed by atoms with E-state index in [0.29, 0.717) is 11.5 Å². The van der Waals surface area contributed by atoms with Crippen molar-refractivity contribution in [1.82, 2.24) is 4.90 Å². The molecule has 1 aromatic carbocycles. The van der Waals surface area contributed by atoms with E-state index < -0.39 is 0 Å². The molecule has 1 aliphatic heterocycles. The molecular formula is C16H24F2N2. The molecule has 0 saturated carbocycles. The summed E-state index contributed by atoms with van der Waals surface area (Å²) >= 11 is 0. The molecule has 1 aromatic rings. The number of halogens is 2. The number of nitrogens with one attached hydrogen (secondary N) is 1. The third kappa shape index (κ3) is 3.92. The van der Waals surface area contributed by atoms with Crippen molar-refractivity contribution in [3.63, 3.8) is 0 Å². The Morgan fingerprint density at radius 1 is 1.20 bits per heavy atom. The molecule has 2 rings (SSSR count). The second-order valence-corrected chi connectivity index (χ2v) is 6.19. The topological polar surface area (TPSA) is 15.3 Å². The lowest BCUT2D eigenvalue weighted by Gasteiger charge is -2.33. The summed E-state index contributed by atoms with van der Waals surface area (Å²) in [5.74, 6) is -0.0530. The number of aryl methyl sites for hydroxylation is 1. The van der Waals surface area contributed by atoms with E-state index in [1.54, 1.807) is 6.92 Å². The van der Waals surface area contributed by atoms with Crippen LogP contribution in [0.3, 0.4) is 0 Å². The van der Waals surface area contributed by atoms with Crippen molar-refractivity contribution in [1.29, 1.82) is 0 Å². The zero-order valence-electron chi connectivity index (χ0n) is 12.5. The molecule has 4 heteroatoms. The Labute approximate surface area is 120 Å². The van der Waals surface area contributed by atoms with Crippen LogP contribution in [0.25, 0.3) is 0 Å². The highest BCUT2D eigenvalue weighted by molar-refractivity contribution is 5.47. The van der Waals surface area contributed by atoms with Gasteiger partial charge in [0.25, 0.3) is 0 Å². The van der Waals surface area contributed by atoms with Crippen molar-refractivity contribution in [2.75, 3.05) is 25.0 Å². The van der Waals surface area contributed by atoms with Gasteiger partial charge in [0.2, 0.25) is 0 Å². The Balaban J connectivity index is 1.91. The largest absolute Gasteiger partial charge is 0.380 e. The summed E-state index contributed by atoms with van der Waals surface area (Å²) < 4.78 is 27.3. The molecule has 0 spiro atoms. The van der Waals surface area contributed by atoms with Crippen LogP contribution < -0.4 is 5.32 Å². The summed E-state index contributed by atoms with van der Waals surface area (Å²) in [6, 6.07) is 2.76. The zero-order chi connectivity index (χ0) is 14.7. The van der Waals surface area contributed by atoms with E-state index >= 15 is 0 Å². The monoisotopic (exact) mass is 282 g/mol. The molecule has 0 unspecified atom stereocenters. The van der Waals surface area contributed by atoms with Gasteiger partial charge in [-0.05, 0) is 37.3 Å². The van der Waals surface area contributed by atoms with Gasteiger partial charge < -0.3 is 10.2 Å². The van der Waals surface area contributed by atoms with Gasteiger partial charge in [0.1, 0.15) is 11.6 Å². The van der Waals surface area contributed by atoms with Crippen molar-refractivity contribution in [2.24, 2.45) is 5.92 Å². The van der Waals surface area contributed by atoms with Gasteiger partial charge in [0.05, 0.1) is 5.69 Å². The minimum Gasteiger partial charge on any atom is -0.380 e. The maximum atomic E-state index is 13.8. The summed E-state index contributed by atoms with van der Waals surface area (Å²) in [5, 5.41) is 3.15. The summed E-state index contributed by atoms with van der Waals surface area (Å²) in [6.45, 7) is 9.16. The van der Waals surface area contributed by atoms with Crippen LogP contribution in [0.4, 0.5) is 14.5 Å². The fourth-order valence-corrected chi connectivity index (χ4v) is 2.75. The van der Waals surface area contributed by atoms with Gasteiger partial charge in [-0.15, -0.1) is 0 Å². The van der Waals surface area contributed by atoms with Gasteiger partial charge in [0.15, 0.2) is 0 Å². The summed E-state index contributed by atoms with van der Waals surface area (Å²) in [5.41, 5.74) is 0.634. The fourth-order valence-electron chi connectivity index (χ4n) is 2.75. The Kier molecular flexibility index (Phi) is 4.97. The minimum absolute atomic E-state index is 0.231. The smallest absolute Gasteiger partial charge is 0.146 e. The predicted molar refractivity (Wildman–Crippen MR) is 79.0 cm³/mol. The normalized spacial score (nSPS) is 17.7. The summed E-state index contributed by atoms with van der Waals surface area (Å²) in [6.07, 6.45) is 1.95. The van der Waals surface area contributed by atoms with Crippen LogP contribution in [-0.2, 0) is 0 Å². The number of hydrogen-bond donors (Lipinski definition) is 1. The third-order valence-corrected chi connectivity index (χ3v) is 3.82. The highest BCUT2D eigenvalue weighted by Crippen LogP contribution is 2.22. The van der Waals surface area contributed by atoms with E-state index in [1.165, 1.54) is 12.1 Å². The van der Waals surface area contributed by atoms with E-state index in [2.05, 4.69) is 24.1 Å². The molecule has 1 saturated heterocycles. The Morgan fingerprint density at radius 3 is 2.45 bits per heavy atom. The minimum atomic E-state index is -0.367. The van der Waals surface area contributed by atoms with Gasteiger partial charge in [-0.1, -0.05) is 13.8 Å². The molecule has 0 bridgehead atoms. The number of rotatable bonds is 4. The molecule has 0 atom stereocenters. The van der Waals surface area contributed by atoms with Crippen molar-refractivity contribution in [3.05, 3.63) is 29.3 Å². The van der Waals surface area contributed by atoms with Crippen LogP contribution >= 0.6 is 0 Å². The standard InChI is InChI=1S/C16H24F2N2/c1-11(2)10-20-6-4-13(5-7-20)19-16-9-14(17)12(3)8-15(16)18/h8-9,11,13,19H,4-7,10H2,1-3H3. The summed E-state index contributed by atoms with van der Waals surface area (Å²) in [7, 11) is 0. The van der Waals surface area contributed by atoms with E-state index in [4.69, 9.17) is 0 Å². The molecular weight excluding hydrogens is 258 g/mol. The highest BCUT2D eigenvalue weighted by Gasteiger charge is 2.20. The van der Waals surface area contributed by atoms with Crippen molar-refractivity contribution >= 4 is 5.69 Å². The molecule has 1 N–H and O–H groups in total. The SMILES string of the molecule is Cc1cc(F)c(NC2CCN(CC(C)C)CC2)cc1F. The summed E-state index contributed by atoms with van der Waals surface area (Å²) in [4.78, 5) is 2.44. The van der Waals surface area contributed by atoms with Crippen molar-refractivity contribution in [3.8, 4) is 0 Å². The molecule has 1 aliphatic rings. The fraction of sp³-hybridized carbons (Fsp3) is 0.625. The molecule has 112 valence electrons. The van der Waals surface area contributed by atoms with Crippen LogP contribution in [-0.4, -0.2) is 30.6 Å². The molecule has 1 heterocycles. The van der Waals surface area contributed by atoms with Crippen LogP contribution in [0.15, 0.2) is 12.1 Å².